The SMILES string of the molecule is CCOC(=O)C1=C(C)N=c2[nH]/c(=C/c3ccc(OCc4ccc([N+](=O)[O-])cc4)c(OCC)c3)c(=O)n2C1c1ccc(N(C)C)cc1. The number of nitrogens with one attached hydrogen (secondary N) is 1. The fourth-order valence-electron chi connectivity index (χ4n) is 5.21. The van der Waals surface area contributed by atoms with E-state index in [-0.39, 0.29) is 29.8 Å². The van der Waals surface area contributed by atoms with Gasteiger partial charge in [0.05, 0.1) is 35.4 Å². The fraction of sp³-hybridized carbons (Fsp3) is 0.265. The van der Waals surface area contributed by atoms with Crippen LogP contribution in [0.2, 0.25) is 0 Å². The lowest BCUT2D eigenvalue weighted by Crippen LogP contribution is -2.40. The molecule has 2 heterocycles. The number of allylic oxidation sites excluding steroid dienone is 1. The zero-order valence-corrected chi connectivity index (χ0v) is 26.3. The van der Waals surface area contributed by atoms with E-state index in [1.807, 2.05) is 50.2 Å². The van der Waals surface area contributed by atoms with Gasteiger partial charge in [-0.3, -0.25) is 19.5 Å². The number of H-pyrrole nitrogens is 1. The number of imidazole rings is 1. The summed E-state index contributed by atoms with van der Waals surface area (Å²) in [6.07, 6.45) is 1.69. The second kappa shape index (κ2) is 13.6. The minimum atomic E-state index is -0.747. The topological polar surface area (TPSA) is 141 Å². The number of ether oxygens (including phenoxy) is 3. The quantitative estimate of drug-likeness (QED) is 0.150. The zero-order chi connectivity index (χ0) is 33.0. The number of fused-ring (bicyclic) bond motifs is 1. The molecule has 0 radical (unpaired) electrons. The number of non-ortho nitro benzene ring substituents is 1. The van der Waals surface area contributed by atoms with Gasteiger partial charge in [0.25, 0.3) is 11.2 Å². The van der Waals surface area contributed by atoms with E-state index in [4.69, 9.17) is 14.2 Å². The van der Waals surface area contributed by atoms with Crippen LogP contribution in [0.5, 0.6) is 11.5 Å². The average molecular weight is 626 g/mol. The Balaban J connectivity index is 1.52. The number of hydrogen-bond donors (Lipinski definition) is 1. The molecule has 1 aliphatic heterocycles. The molecule has 0 amide bonds. The molecule has 12 nitrogen and oxygen atoms in total. The molecule has 12 heteroatoms. The molecule has 0 saturated heterocycles. The van der Waals surface area contributed by atoms with Crippen molar-refractivity contribution in [2.24, 2.45) is 4.99 Å². The summed E-state index contributed by atoms with van der Waals surface area (Å²) < 4.78 is 18.7. The van der Waals surface area contributed by atoms with E-state index in [0.717, 1.165) is 16.8 Å². The number of aromatic amines is 1. The molecule has 1 aliphatic rings. The smallest absolute Gasteiger partial charge is 0.338 e. The van der Waals surface area contributed by atoms with E-state index < -0.39 is 16.9 Å². The van der Waals surface area contributed by atoms with Gasteiger partial charge < -0.3 is 24.1 Å². The molecule has 0 bridgehead atoms. The number of anilines is 1. The molecule has 0 aliphatic carbocycles. The molecule has 1 atom stereocenters. The molecule has 1 aromatic heterocycles. The second-order valence-corrected chi connectivity index (χ2v) is 10.8. The lowest BCUT2D eigenvalue weighted by atomic mass is 9.95. The summed E-state index contributed by atoms with van der Waals surface area (Å²) in [5.41, 5.74) is 3.87. The van der Waals surface area contributed by atoms with Crippen molar-refractivity contribution in [3.05, 3.63) is 126 Å². The molecular formula is C34H35N5O7. The first-order valence-electron chi connectivity index (χ1n) is 14.8. The van der Waals surface area contributed by atoms with Crippen molar-refractivity contribution < 1.29 is 23.9 Å². The average Bonchev–Trinajstić information content (AvgIpc) is 3.34. The van der Waals surface area contributed by atoms with Gasteiger partial charge in [-0.05, 0) is 79.9 Å². The molecule has 5 rings (SSSR count). The summed E-state index contributed by atoms with van der Waals surface area (Å²) in [7, 11) is 3.88. The summed E-state index contributed by atoms with van der Waals surface area (Å²) in [5.74, 6) is 0.426. The Bertz CT molecular complexity index is 1970. The Kier molecular flexibility index (Phi) is 9.36. The maximum absolute atomic E-state index is 14.0. The minimum Gasteiger partial charge on any atom is -0.490 e. The van der Waals surface area contributed by atoms with Crippen molar-refractivity contribution in [1.29, 1.82) is 0 Å². The molecule has 0 spiro atoms. The number of nitrogens with zero attached hydrogens (tertiary/aromatic N) is 4. The summed E-state index contributed by atoms with van der Waals surface area (Å²) in [4.78, 5) is 47.3. The molecular weight excluding hydrogens is 590 g/mol. The van der Waals surface area contributed by atoms with Gasteiger partial charge in [-0.25, -0.2) is 9.79 Å². The number of esters is 1. The molecule has 238 valence electrons. The number of carbonyl (C=O) groups is 1. The van der Waals surface area contributed by atoms with Gasteiger partial charge in [0.1, 0.15) is 12.0 Å². The van der Waals surface area contributed by atoms with E-state index in [0.29, 0.717) is 40.6 Å². The normalized spacial score (nSPS) is 14.4. The molecule has 3 aromatic carbocycles. The highest BCUT2D eigenvalue weighted by atomic mass is 16.6. The standard InChI is InChI=1S/C34H35N5O7/c1-6-44-29-19-23(10-17-28(29)46-20-22-8-13-26(14-9-22)39(42)43)18-27-32(40)38-31(24-11-15-25(16-12-24)37(4)5)30(33(41)45-7-2)21(3)35-34(38)36-27/h8-19,31H,6-7,20H2,1-5H3,(H,35,36)/b27-18+. The van der Waals surface area contributed by atoms with E-state index in [2.05, 4.69) is 9.98 Å². The Hall–Kier alpha value is -5.65. The van der Waals surface area contributed by atoms with Crippen LogP contribution in [0.1, 0.15) is 43.5 Å². The highest BCUT2D eigenvalue weighted by Gasteiger charge is 2.33. The summed E-state index contributed by atoms with van der Waals surface area (Å²) >= 11 is 0. The van der Waals surface area contributed by atoms with Crippen molar-refractivity contribution in [1.82, 2.24) is 9.55 Å². The Morgan fingerprint density at radius 1 is 1.02 bits per heavy atom. The number of rotatable bonds is 11. The Morgan fingerprint density at radius 2 is 1.74 bits per heavy atom. The highest BCUT2D eigenvalue weighted by molar-refractivity contribution is 5.91. The van der Waals surface area contributed by atoms with Crippen LogP contribution in [0, 0.1) is 10.1 Å². The van der Waals surface area contributed by atoms with Crippen LogP contribution in [0.25, 0.3) is 6.08 Å². The molecule has 0 saturated carbocycles. The predicted octanol–water partition coefficient (Wildman–Crippen LogP) is 4.02. The van der Waals surface area contributed by atoms with Crippen molar-refractivity contribution in [3.8, 4) is 11.5 Å². The Morgan fingerprint density at radius 3 is 2.37 bits per heavy atom. The monoisotopic (exact) mass is 625 g/mol. The molecule has 0 fully saturated rings. The number of nitro groups is 1. The maximum atomic E-state index is 14.0. The van der Waals surface area contributed by atoms with Gasteiger partial charge in [-0.1, -0.05) is 18.2 Å². The van der Waals surface area contributed by atoms with Crippen LogP contribution in [0.4, 0.5) is 11.4 Å². The Labute approximate surface area is 265 Å². The lowest BCUT2D eigenvalue weighted by molar-refractivity contribution is -0.384. The van der Waals surface area contributed by atoms with Crippen LogP contribution < -0.4 is 30.9 Å². The number of aromatic nitrogens is 2. The number of hydrogen-bond acceptors (Lipinski definition) is 9. The molecule has 4 aromatic rings. The number of benzene rings is 3. The number of nitro benzene ring substituents is 1. The van der Waals surface area contributed by atoms with Gasteiger partial charge in [-0.2, -0.15) is 0 Å². The first-order chi connectivity index (χ1) is 22.1. The minimum absolute atomic E-state index is 0.00459. The summed E-state index contributed by atoms with van der Waals surface area (Å²) in [6, 6.07) is 18.3. The predicted molar refractivity (Wildman–Crippen MR) is 173 cm³/mol. The lowest BCUT2D eigenvalue weighted by Gasteiger charge is -2.25. The highest BCUT2D eigenvalue weighted by Crippen LogP contribution is 2.32. The third-order valence-electron chi connectivity index (χ3n) is 7.46. The van der Waals surface area contributed by atoms with Crippen molar-refractivity contribution in [2.75, 3.05) is 32.2 Å². The molecule has 1 N–H and O–H groups in total. The molecule has 1 unspecified atom stereocenters. The van der Waals surface area contributed by atoms with Crippen molar-refractivity contribution in [3.63, 3.8) is 0 Å². The third-order valence-corrected chi connectivity index (χ3v) is 7.46. The van der Waals surface area contributed by atoms with E-state index >= 15 is 0 Å². The fourth-order valence-corrected chi connectivity index (χ4v) is 5.21. The van der Waals surface area contributed by atoms with Gasteiger partial charge in [0.2, 0.25) is 5.62 Å². The molecule has 46 heavy (non-hydrogen) atoms. The van der Waals surface area contributed by atoms with E-state index in [9.17, 15) is 19.7 Å². The van der Waals surface area contributed by atoms with Crippen LogP contribution in [-0.4, -0.2) is 47.8 Å². The van der Waals surface area contributed by atoms with Crippen LogP contribution in [0.15, 0.2) is 87.8 Å². The van der Waals surface area contributed by atoms with Crippen LogP contribution >= 0.6 is 0 Å². The van der Waals surface area contributed by atoms with Gasteiger partial charge in [-0.15, -0.1) is 0 Å². The van der Waals surface area contributed by atoms with E-state index in [1.165, 1.54) is 16.7 Å². The van der Waals surface area contributed by atoms with Crippen LogP contribution in [0.3, 0.4) is 0 Å². The summed E-state index contributed by atoms with van der Waals surface area (Å²) in [6.45, 7) is 6.06. The maximum Gasteiger partial charge on any atom is 0.338 e. The van der Waals surface area contributed by atoms with E-state index in [1.54, 1.807) is 50.3 Å². The van der Waals surface area contributed by atoms with Gasteiger partial charge in [0.15, 0.2) is 11.5 Å². The largest absolute Gasteiger partial charge is 0.490 e. The van der Waals surface area contributed by atoms with Gasteiger partial charge >= 0.3 is 5.97 Å². The first kappa shape index (κ1) is 31.8. The number of carbonyl (C=O) groups excluding carboxylic acids is 1. The van der Waals surface area contributed by atoms with Crippen molar-refractivity contribution in [2.45, 2.75) is 33.4 Å². The summed E-state index contributed by atoms with van der Waals surface area (Å²) in [5, 5.41) is 11.2. The zero-order valence-electron chi connectivity index (χ0n) is 26.3. The van der Waals surface area contributed by atoms with Crippen LogP contribution in [-0.2, 0) is 16.1 Å². The first-order valence-corrected chi connectivity index (χ1v) is 14.8. The van der Waals surface area contributed by atoms with Crippen molar-refractivity contribution >= 4 is 23.4 Å². The third kappa shape index (κ3) is 6.55. The second-order valence-electron chi connectivity index (χ2n) is 10.8. The van der Waals surface area contributed by atoms with Gasteiger partial charge in [0, 0.05) is 31.9 Å².